The molecule has 0 bridgehead atoms. The third-order valence-corrected chi connectivity index (χ3v) is 2.97. The van der Waals surface area contributed by atoms with Gasteiger partial charge in [0.1, 0.15) is 0 Å². The summed E-state index contributed by atoms with van der Waals surface area (Å²) < 4.78 is 5.33. The van der Waals surface area contributed by atoms with Gasteiger partial charge in [-0.1, -0.05) is 30.3 Å². The predicted octanol–water partition coefficient (Wildman–Crippen LogP) is 0.979. The molecule has 4 nitrogen and oxygen atoms in total. The Kier molecular flexibility index (Phi) is 4.30. The van der Waals surface area contributed by atoms with Gasteiger partial charge in [0.25, 0.3) is 0 Å². The summed E-state index contributed by atoms with van der Waals surface area (Å²) >= 11 is 5.12. The number of morpholine rings is 1. The largest absolute Gasteiger partial charge is 0.379 e. The lowest BCUT2D eigenvalue weighted by molar-refractivity contribution is -0.0533. The molecule has 1 saturated heterocycles. The average Bonchev–Trinajstić information content (AvgIpc) is 2.38. The van der Waals surface area contributed by atoms with E-state index in [1.807, 2.05) is 23.2 Å². The zero-order chi connectivity index (χ0) is 12.1. The van der Waals surface area contributed by atoms with Gasteiger partial charge < -0.3 is 10.5 Å². The van der Waals surface area contributed by atoms with Crippen LogP contribution in [0.1, 0.15) is 5.56 Å². The van der Waals surface area contributed by atoms with Crippen molar-refractivity contribution < 1.29 is 4.74 Å². The van der Waals surface area contributed by atoms with Crippen LogP contribution in [-0.2, 0) is 11.3 Å². The Labute approximate surface area is 107 Å². The van der Waals surface area contributed by atoms with Crippen LogP contribution < -0.4 is 5.73 Å². The maximum Gasteiger partial charge on any atom is 0.181 e. The number of rotatable bonds is 3. The predicted molar refractivity (Wildman–Crippen MR) is 71.2 cm³/mol. The molecule has 17 heavy (non-hydrogen) atoms. The standard InChI is InChI=1S/C12H17N3OS/c13-12(17)15(14-6-8-16-9-7-14)10-11-4-2-1-3-5-11/h1-5H,6-10H2,(H2,13,17). The highest BCUT2D eigenvalue weighted by Crippen LogP contribution is 2.09. The molecule has 1 aromatic carbocycles. The summed E-state index contributed by atoms with van der Waals surface area (Å²) in [5.74, 6) is 0. The molecular weight excluding hydrogens is 234 g/mol. The SMILES string of the molecule is NC(=S)N(Cc1ccccc1)N1CCOCC1. The van der Waals surface area contributed by atoms with Crippen LogP contribution in [0.4, 0.5) is 0 Å². The molecule has 5 heteroatoms. The second-order valence-electron chi connectivity index (χ2n) is 3.95. The molecule has 1 aromatic rings. The minimum absolute atomic E-state index is 0.413. The Morgan fingerprint density at radius 3 is 2.53 bits per heavy atom. The van der Waals surface area contributed by atoms with Crippen LogP contribution in [0.3, 0.4) is 0 Å². The molecule has 0 radical (unpaired) electrons. The Bertz CT molecular complexity index is 365. The van der Waals surface area contributed by atoms with Gasteiger partial charge in [0, 0.05) is 13.1 Å². The first-order chi connectivity index (χ1) is 8.27. The summed E-state index contributed by atoms with van der Waals surface area (Å²) in [4.78, 5) is 0. The lowest BCUT2D eigenvalue weighted by Gasteiger charge is -2.37. The quantitative estimate of drug-likeness (QED) is 0.811. The molecule has 2 rings (SSSR count). The zero-order valence-corrected chi connectivity index (χ0v) is 10.5. The summed E-state index contributed by atoms with van der Waals surface area (Å²) in [5.41, 5.74) is 6.99. The Balaban J connectivity index is 2.04. The molecule has 1 aliphatic heterocycles. The smallest absolute Gasteiger partial charge is 0.181 e. The molecule has 2 N–H and O–H groups in total. The first-order valence-electron chi connectivity index (χ1n) is 5.71. The topological polar surface area (TPSA) is 41.7 Å². The summed E-state index contributed by atoms with van der Waals surface area (Å²) in [7, 11) is 0. The summed E-state index contributed by atoms with van der Waals surface area (Å²) in [6.45, 7) is 3.85. The van der Waals surface area contributed by atoms with Gasteiger partial charge in [0.05, 0.1) is 19.8 Å². The van der Waals surface area contributed by atoms with Crippen LogP contribution in [0.15, 0.2) is 30.3 Å². The van der Waals surface area contributed by atoms with Gasteiger partial charge >= 0.3 is 0 Å². The van der Waals surface area contributed by atoms with E-state index >= 15 is 0 Å². The summed E-state index contributed by atoms with van der Waals surface area (Å²) in [6.07, 6.45) is 0. The number of nitrogens with zero attached hydrogens (tertiary/aromatic N) is 2. The maximum atomic E-state index is 5.79. The molecule has 92 valence electrons. The fraction of sp³-hybridized carbons (Fsp3) is 0.417. The number of ether oxygens (including phenoxy) is 1. The van der Waals surface area contributed by atoms with E-state index in [-0.39, 0.29) is 0 Å². The van der Waals surface area contributed by atoms with Crippen LogP contribution in [0.5, 0.6) is 0 Å². The summed E-state index contributed by atoms with van der Waals surface area (Å²) in [6, 6.07) is 10.2. The second-order valence-corrected chi connectivity index (χ2v) is 4.37. The number of hydrogen-bond acceptors (Lipinski definition) is 3. The molecule has 0 spiro atoms. The van der Waals surface area contributed by atoms with E-state index in [4.69, 9.17) is 22.7 Å². The number of hydrogen-bond donors (Lipinski definition) is 1. The normalized spacial score (nSPS) is 16.7. The highest BCUT2D eigenvalue weighted by atomic mass is 32.1. The molecule has 0 amide bonds. The average molecular weight is 251 g/mol. The van der Waals surface area contributed by atoms with Crippen LogP contribution in [0, 0.1) is 0 Å². The summed E-state index contributed by atoms with van der Waals surface area (Å²) in [5, 5.41) is 4.52. The number of benzene rings is 1. The van der Waals surface area contributed by atoms with E-state index in [1.54, 1.807) is 0 Å². The lowest BCUT2D eigenvalue weighted by Crippen LogP contribution is -2.52. The Hall–Kier alpha value is -1.17. The van der Waals surface area contributed by atoms with Gasteiger partial charge in [-0.3, -0.25) is 5.01 Å². The Morgan fingerprint density at radius 2 is 1.94 bits per heavy atom. The molecule has 1 fully saturated rings. The van der Waals surface area contributed by atoms with Crippen LogP contribution in [0.25, 0.3) is 0 Å². The third kappa shape index (κ3) is 3.39. The molecular formula is C12H17N3OS. The van der Waals surface area contributed by atoms with Gasteiger partial charge in [0.15, 0.2) is 5.11 Å². The van der Waals surface area contributed by atoms with Crippen LogP contribution >= 0.6 is 12.2 Å². The van der Waals surface area contributed by atoms with Gasteiger partial charge in [-0.2, -0.15) is 0 Å². The maximum absolute atomic E-state index is 5.79. The van der Waals surface area contributed by atoms with E-state index in [2.05, 4.69) is 17.1 Å². The highest BCUT2D eigenvalue weighted by molar-refractivity contribution is 7.80. The molecule has 0 saturated carbocycles. The zero-order valence-electron chi connectivity index (χ0n) is 9.71. The number of thiocarbonyl (C=S) groups is 1. The monoisotopic (exact) mass is 251 g/mol. The van der Waals surface area contributed by atoms with E-state index in [9.17, 15) is 0 Å². The molecule has 0 unspecified atom stereocenters. The first kappa shape index (κ1) is 12.3. The van der Waals surface area contributed by atoms with Crippen LogP contribution in [-0.4, -0.2) is 41.4 Å². The minimum atomic E-state index is 0.413. The number of hydrazine groups is 1. The van der Waals surface area contributed by atoms with Crippen molar-refractivity contribution in [2.24, 2.45) is 5.73 Å². The molecule has 0 aliphatic carbocycles. The van der Waals surface area contributed by atoms with Crippen molar-refractivity contribution in [3.8, 4) is 0 Å². The molecule has 1 aliphatic rings. The van der Waals surface area contributed by atoms with Crippen molar-refractivity contribution in [2.45, 2.75) is 6.54 Å². The van der Waals surface area contributed by atoms with Crippen molar-refractivity contribution >= 4 is 17.3 Å². The molecule has 1 heterocycles. The third-order valence-electron chi connectivity index (χ3n) is 2.76. The first-order valence-corrected chi connectivity index (χ1v) is 6.11. The van der Waals surface area contributed by atoms with E-state index in [0.717, 1.165) is 32.8 Å². The van der Waals surface area contributed by atoms with E-state index in [1.165, 1.54) is 5.56 Å². The van der Waals surface area contributed by atoms with Gasteiger partial charge in [-0.15, -0.1) is 0 Å². The molecule has 0 aromatic heterocycles. The van der Waals surface area contributed by atoms with Crippen molar-refractivity contribution in [1.82, 2.24) is 10.0 Å². The van der Waals surface area contributed by atoms with Crippen molar-refractivity contribution in [3.63, 3.8) is 0 Å². The fourth-order valence-corrected chi connectivity index (χ4v) is 2.05. The lowest BCUT2D eigenvalue weighted by atomic mass is 10.2. The van der Waals surface area contributed by atoms with Crippen molar-refractivity contribution in [1.29, 1.82) is 0 Å². The van der Waals surface area contributed by atoms with Gasteiger partial charge in [0.2, 0.25) is 0 Å². The fourth-order valence-electron chi connectivity index (χ4n) is 1.87. The second kappa shape index (κ2) is 5.95. The van der Waals surface area contributed by atoms with Gasteiger partial charge in [-0.05, 0) is 17.8 Å². The van der Waals surface area contributed by atoms with Crippen molar-refractivity contribution in [2.75, 3.05) is 26.3 Å². The van der Waals surface area contributed by atoms with Gasteiger partial charge in [-0.25, -0.2) is 5.01 Å². The number of nitrogens with two attached hydrogens (primary N) is 1. The highest BCUT2D eigenvalue weighted by Gasteiger charge is 2.19. The van der Waals surface area contributed by atoms with Crippen molar-refractivity contribution in [3.05, 3.63) is 35.9 Å². The Morgan fingerprint density at radius 1 is 1.29 bits per heavy atom. The minimum Gasteiger partial charge on any atom is -0.379 e. The van der Waals surface area contributed by atoms with E-state index < -0.39 is 0 Å². The van der Waals surface area contributed by atoms with E-state index in [0.29, 0.717) is 5.11 Å². The molecule has 0 atom stereocenters. The van der Waals surface area contributed by atoms with Crippen LogP contribution in [0.2, 0.25) is 0 Å².